The molecule has 0 aliphatic carbocycles. The van der Waals surface area contributed by atoms with E-state index < -0.39 is 17.8 Å². The quantitative estimate of drug-likeness (QED) is 0.909. The van der Waals surface area contributed by atoms with Gasteiger partial charge in [-0.05, 0) is 25.2 Å². The van der Waals surface area contributed by atoms with Crippen molar-refractivity contribution in [1.29, 1.82) is 0 Å². The minimum Gasteiger partial charge on any atom is -0.337 e. The third-order valence-corrected chi connectivity index (χ3v) is 3.81. The molecule has 1 aliphatic rings. The molecule has 1 aliphatic heterocycles. The summed E-state index contributed by atoms with van der Waals surface area (Å²) in [5.74, 6) is 0.172. The number of nitrogens with zero attached hydrogens (tertiary/aromatic N) is 2. The summed E-state index contributed by atoms with van der Waals surface area (Å²) in [5, 5.41) is 5.37. The first kappa shape index (κ1) is 14.9. The first-order valence-corrected chi connectivity index (χ1v) is 6.83. The van der Waals surface area contributed by atoms with Gasteiger partial charge in [0.25, 0.3) is 5.91 Å². The number of rotatable bonds is 2. The van der Waals surface area contributed by atoms with Gasteiger partial charge in [-0.1, -0.05) is 13.3 Å². The minimum absolute atomic E-state index is 0.160. The van der Waals surface area contributed by atoms with Gasteiger partial charge in [-0.3, -0.25) is 9.89 Å². The molecule has 2 heterocycles. The van der Waals surface area contributed by atoms with E-state index in [1.807, 2.05) is 5.10 Å². The number of carbonyl (C=O) groups is 1. The predicted molar refractivity (Wildman–Crippen MR) is 67.1 cm³/mol. The van der Waals surface area contributed by atoms with E-state index in [1.54, 1.807) is 4.90 Å². The number of hydrogen-bond donors (Lipinski definition) is 1. The van der Waals surface area contributed by atoms with Crippen LogP contribution in [0.3, 0.4) is 0 Å². The molecule has 0 saturated carbocycles. The lowest BCUT2D eigenvalue weighted by Crippen LogP contribution is -2.32. The summed E-state index contributed by atoms with van der Waals surface area (Å²) in [5.41, 5.74) is -1.14. The molecule has 112 valence electrons. The Bertz CT molecular complexity index is 470. The van der Waals surface area contributed by atoms with Crippen LogP contribution in [0.2, 0.25) is 0 Å². The van der Waals surface area contributed by atoms with Crippen molar-refractivity contribution in [3.05, 3.63) is 17.5 Å². The molecule has 1 fully saturated rings. The summed E-state index contributed by atoms with van der Waals surface area (Å²) < 4.78 is 37.4. The Hall–Kier alpha value is -1.53. The standard InChI is InChI=1S/C13H18F3N3O/c1-2-9-4-3-6-19(7-5-9)12(20)10-8-11(18-17-10)13(14,15)16/h8-9H,2-7H2,1H3,(H,17,18)/t9-/m0/s1. The topological polar surface area (TPSA) is 49.0 Å². The average Bonchev–Trinajstić information content (AvgIpc) is 2.77. The third-order valence-electron chi connectivity index (χ3n) is 3.81. The maximum atomic E-state index is 12.5. The van der Waals surface area contributed by atoms with Crippen LogP contribution in [0.5, 0.6) is 0 Å². The van der Waals surface area contributed by atoms with Crippen LogP contribution >= 0.6 is 0 Å². The number of nitrogens with one attached hydrogen (secondary N) is 1. The number of H-pyrrole nitrogens is 1. The van der Waals surface area contributed by atoms with Crippen LogP contribution in [-0.4, -0.2) is 34.1 Å². The normalized spacial score (nSPS) is 20.8. The Morgan fingerprint density at radius 2 is 2.20 bits per heavy atom. The van der Waals surface area contributed by atoms with Crippen LogP contribution in [0, 0.1) is 5.92 Å². The molecule has 1 N–H and O–H groups in total. The van der Waals surface area contributed by atoms with Gasteiger partial charge in [-0.25, -0.2) is 0 Å². The van der Waals surface area contributed by atoms with Gasteiger partial charge in [-0.15, -0.1) is 0 Å². The number of aromatic nitrogens is 2. The molecule has 4 nitrogen and oxygen atoms in total. The fourth-order valence-electron chi connectivity index (χ4n) is 2.52. The molecule has 0 spiro atoms. The van der Waals surface area contributed by atoms with E-state index in [0.29, 0.717) is 19.0 Å². The summed E-state index contributed by atoms with van der Waals surface area (Å²) in [6, 6.07) is 0.782. The maximum absolute atomic E-state index is 12.5. The second-order valence-electron chi connectivity index (χ2n) is 5.16. The Morgan fingerprint density at radius 1 is 1.45 bits per heavy atom. The van der Waals surface area contributed by atoms with Crippen molar-refractivity contribution in [2.24, 2.45) is 5.92 Å². The summed E-state index contributed by atoms with van der Waals surface area (Å²) in [4.78, 5) is 13.8. The van der Waals surface area contributed by atoms with E-state index in [1.165, 1.54) is 0 Å². The smallest absolute Gasteiger partial charge is 0.337 e. The summed E-state index contributed by atoms with van der Waals surface area (Å²) in [6.45, 7) is 3.29. The lowest BCUT2D eigenvalue weighted by Gasteiger charge is -2.19. The molecular weight excluding hydrogens is 271 g/mol. The summed E-state index contributed by atoms with van der Waals surface area (Å²) in [6.07, 6.45) is -0.575. The van der Waals surface area contributed by atoms with Gasteiger partial charge in [0, 0.05) is 19.2 Å². The van der Waals surface area contributed by atoms with Crippen LogP contribution in [-0.2, 0) is 6.18 Å². The minimum atomic E-state index is -4.50. The monoisotopic (exact) mass is 289 g/mol. The molecule has 2 rings (SSSR count). The van der Waals surface area contributed by atoms with Crippen molar-refractivity contribution in [3.63, 3.8) is 0 Å². The van der Waals surface area contributed by atoms with E-state index in [0.717, 1.165) is 31.7 Å². The van der Waals surface area contributed by atoms with Crippen LogP contribution in [0.15, 0.2) is 6.07 Å². The molecule has 20 heavy (non-hydrogen) atoms. The molecule has 0 aromatic carbocycles. The Balaban J connectivity index is 2.05. The molecule has 1 aromatic rings. The van der Waals surface area contributed by atoms with Crippen LogP contribution in [0.25, 0.3) is 0 Å². The van der Waals surface area contributed by atoms with Crippen molar-refractivity contribution in [2.75, 3.05) is 13.1 Å². The van der Waals surface area contributed by atoms with Crippen molar-refractivity contribution in [2.45, 2.75) is 38.8 Å². The molecule has 1 atom stereocenters. The highest BCUT2D eigenvalue weighted by molar-refractivity contribution is 5.92. The van der Waals surface area contributed by atoms with E-state index in [4.69, 9.17) is 0 Å². The highest BCUT2D eigenvalue weighted by atomic mass is 19.4. The average molecular weight is 289 g/mol. The number of hydrogen-bond acceptors (Lipinski definition) is 2. The van der Waals surface area contributed by atoms with Crippen LogP contribution in [0.1, 0.15) is 48.8 Å². The number of alkyl halides is 3. The first-order valence-electron chi connectivity index (χ1n) is 6.83. The second kappa shape index (κ2) is 5.85. The number of halogens is 3. The zero-order valence-corrected chi connectivity index (χ0v) is 11.3. The summed E-state index contributed by atoms with van der Waals surface area (Å²) >= 11 is 0. The van der Waals surface area contributed by atoms with E-state index in [2.05, 4.69) is 12.0 Å². The SMILES string of the molecule is CC[C@H]1CCCN(C(=O)c2cc(C(F)(F)F)[nH]n2)CC1. The van der Waals surface area contributed by atoms with E-state index in [9.17, 15) is 18.0 Å². The molecule has 1 amide bonds. The molecule has 7 heteroatoms. The predicted octanol–water partition coefficient (Wildman–Crippen LogP) is 3.08. The Morgan fingerprint density at radius 3 is 2.80 bits per heavy atom. The van der Waals surface area contributed by atoms with Crippen molar-refractivity contribution in [3.8, 4) is 0 Å². The Labute approximate surface area is 115 Å². The zero-order valence-electron chi connectivity index (χ0n) is 11.3. The fourth-order valence-corrected chi connectivity index (χ4v) is 2.52. The van der Waals surface area contributed by atoms with Gasteiger partial charge in [0.2, 0.25) is 0 Å². The number of likely N-dealkylation sites (tertiary alicyclic amines) is 1. The van der Waals surface area contributed by atoms with Crippen molar-refractivity contribution >= 4 is 5.91 Å². The van der Waals surface area contributed by atoms with E-state index >= 15 is 0 Å². The van der Waals surface area contributed by atoms with Gasteiger partial charge in [0.1, 0.15) is 5.69 Å². The van der Waals surface area contributed by atoms with Gasteiger partial charge in [0.15, 0.2) is 5.69 Å². The molecule has 0 radical (unpaired) electrons. The zero-order chi connectivity index (χ0) is 14.8. The molecule has 1 aromatic heterocycles. The van der Waals surface area contributed by atoms with Crippen LogP contribution < -0.4 is 0 Å². The first-order chi connectivity index (χ1) is 9.41. The highest BCUT2D eigenvalue weighted by Gasteiger charge is 2.34. The maximum Gasteiger partial charge on any atom is 0.432 e. The molecule has 1 saturated heterocycles. The molecule has 0 bridgehead atoms. The van der Waals surface area contributed by atoms with E-state index in [-0.39, 0.29) is 5.69 Å². The van der Waals surface area contributed by atoms with Gasteiger partial charge in [0.05, 0.1) is 0 Å². The van der Waals surface area contributed by atoms with Crippen LogP contribution in [0.4, 0.5) is 13.2 Å². The lowest BCUT2D eigenvalue weighted by atomic mass is 9.98. The van der Waals surface area contributed by atoms with Crippen molar-refractivity contribution < 1.29 is 18.0 Å². The fraction of sp³-hybridized carbons (Fsp3) is 0.692. The highest BCUT2D eigenvalue weighted by Crippen LogP contribution is 2.28. The van der Waals surface area contributed by atoms with Gasteiger partial charge < -0.3 is 4.90 Å². The van der Waals surface area contributed by atoms with Crippen molar-refractivity contribution in [1.82, 2.24) is 15.1 Å². The third kappa shape index (κ3) is 3.32. The van der Waals surface area contributed by atoms with Gasteiger partial charge >= 0.3 is 6.18 Å². The molecule has 0 unspecified atom stereocenters. The largest absolute Gasteiger partial charge is 0.432 e. The second-order valence-corrected chi connectivity index (χ2v) is 5.16. The number of carbonyl (C=O) groups excluding carboxylic acids is 1. The summed E-state index contributed by atoms with van der Waals surface area (Å²) in [7, 11) is 0. The molecular formula is C13H18F3N3O. The number of amides is 1. The van der Waals surface area contributed by atoms with Gasteiger partial charge in [-0.2, -0.15) is 18.3 Å². The Kier molecular flexibility index (Phi) is 4.35. The number of aromatic amines is 1. The lowest BCUT2D eigenvalue weighted by molar-refractivity contribution is -0.141.